The lowest BCUT2D eigenvalue weighted by molar-refractivity contribution is -0.142. The zero-order chi connectivity index (χ0) is 15.9. The normalized spacial score (nSPS) is 22.9. The van der Waals surface area contributed by atoms with Gasteiger partial charge in [-0.1, -0.05) is 23.7 Å². The van der Waals surface area contributed by atoms with Crippen LogP contribution in [-0.2, 0) is 4.79 Å². The van der Waals surface area contributed by atoms with Gasteiger partial charge in [0.2, 0.25) is 5.91 Å². The number of rotatable bonds is 2. The van der Waals surface area contributed by atoms with Crippen molar-refractivity contribution in [2.45, 2.75) is 18.9 Å². The quantitative estimate of drug-likeness (QED) is 0.862. The molecule has 2 aromatic rings. The van der Waals surface area contributed by atoms with E-state index in [0.717, 1.165) is 37.3 Å². The zero-order valence-electron chi connectivity index (χ0n) is 12.7. The number of pyridine rings is 1. The molecule has 2 saturated heterocycles. The number of nitrogens with one attached hydrogen (secondary N) is 1. The highest BCUT2D eigenvalue weighted by Crippen LogP contribution is 2.56. The van der Waals surface area contributed by atoms with E-state index in [1.54, 1.807) is 6.20 Å². The van der Waals surface area contributed by atoms with Crippen LogP contribution in [0.5, 0.6) is 0 Å². The molecule has 1 aromatic carbocycles. The molecule has 1 spiro atoms. The van der Waals surface area contributed by atoms with Crippen LogP contribution in [0.2, 0.25) is 5.02 Å². The minimum Gasteiger partial charge on any atom is -0.317 e. The Bertz CT molecular complexity index is 728. The van der Waals surface area contributed by atoms with E-state index < -0.39 is 0 Å². The molecule has 0 radical (unpaired) electrons. The predicted molar refractivity (Wildman–Crippen MR) is 90.5 cm³/mol. The fourth-order valence-electron chi connectivity index (χ4n) is 3.86. The van der Waals surface area contributed by atoms with Gasteiger partial charge in [0.05, 0.1) is 17.2 Å². The Morgan fingerprint density at radius 1 is 1.17 bits per heavy atom. The average Bonchev–Trinajstić information content (AvgIpc) is 2.60. The minimum atomic E-state index is -0.331. The topological polar surface area (TPSA) is 45.2 Å². The molecule has 5 heteroatoms. The summed E-state index contributed by atoms with van der Waals surface area (Å²) in [5.74, 6) is 0.192. The van der Waals surface area contributed by atoms with Crippen LogP contribution in [0.25, 0.3) is 0 Å². The molecule has 1 unspecified atom stereocenters. The first-order valence-electron chi connectivity index (χ1n) is 7.93. The summed E-state index contributed by atoms with van der Waals surface area (Å²) in [5, 5.41) is 3.99. The van der Waals surface area contributed by atoms with Gasteiger partial charge in [0, 0.05) is 16.9 Å². The Labute approximate surface area is 140 Å². The molecule has 4 rings (SSSR count). The first-order valence-corrected chi connectivity index (χ1v) is 8.31. The number of anilines is 1. The number of amides is 1. The van der Waals surface area contributed by atoms with E-state index in [9.17, 15) is 4.79 Å². The van der Waals surface area contributed by atoms with E-state index in [-0.39, 0.29) is 17.4 Å². The zero-order valence-corrected chi connectivity index (χ0v) is 13.5. The number of β-lactam (4-membered cyclic amide) rings is 1. The Balaban J connectivity index is 1.78. The summed E-state index contributed by atoms with van der Waals surface area (Å²) in [7, 11) is 0. The molecule has 23 heavy (non-hydrogen) atoms. The summed E-state index contributed by atoms with van der Waals surface area (Å²) < 4.78 is 0. The summed E-state index contributed by atoms with van der Waals surface area (Å²) in [4.78, 5) is 19.5. The lowest BCUT2D eigenvalue weighted by Gasteiger charge is -2.57. The predicted octanol–water partition coefficient (Wildman–Crippen LogP) is 3.19. The number of aromatic nitrogens is 1. The van der Waals surface area contributed by atoms with Crippen molar-refractivity contribution in [3.8, 4) is 0 Å². The SMILES string of the molecule is O=C1N(c2cccc(Cl)c2)C(c2ccccn2)C12CCNCC2. The van der Waals surface area contributed by atoms with Crippen molar-refractivity contribution in [2.75, 3.05) is 18.0 Å². The minimum absolute atomic E-state index is 0.0169. The Morgan fingerprint density at radius 3 is 2.70 bits per heavy atom. The van der Waals surface area contributed by atoms with Crippen molar-refractivity contribution >= 4 is 23.2 Å². The molecule has 2 fully saturated rings. The molecular weight excluding hydrogens is 310 g/mol. The van der Waals surface area contributed by atoms with Crippen LogP contribution in [0, 0.1) is 5.41 Å². The summed E-state index contributed by atoms with van der Waals surface area (Å²) in [6, 6.07) is 13.4. The molecule has 0 aliphatic carbocycles. The fraction of sp³-hybridized carbons (Fsp3) is 0.333. The van der Waals surface area contributed by atoms with Crippen LogP contribution in [0.15, 0.2) is 48.7 Å². The van der Waals surface area contributed by atoms with Crippen LogP contribution >= 0.6 is 11.6 Å². The van der Waals surface area contributed by atoms with Gasteiger partial charge >= 0.3 is 0 Å². The highest BCUT2D eigenvalue weighted by molar-refractivity contribution is 6.31. The number of hydrogen-bond acceptors (Lipinski definition) is 3. The maximum Gasteiger partial charge on any atom is 0.236 e. The van der Waals surface area contributed by atoms with Crippen LogP contribution in [-0.4, -0.2) is 24.0 Å². The van der Waals surface area contributed by atoms with E-state index in [1.807, 2.05) is 47.4 Å². The third-order valence-electron chi connectivity index (χ3n) is 4.98. The molecule has 0 saturated carbocycles. The summed E-state index contributed by atoms with van der Waals surface area (Å²) in [6.07, 6.45) is 3.50. The number of hydrogen-bond donors (Lipinski definition) is 1. The van der Waals surface area contributed by atoms with Crippen molar-refractivity contribution < 1.29 is 4.79 Å². The molecule has 1 aromatic heterocycles. The monoisotopic (exact) mass is 327 g/mol. The molecule has 1 atom stereocenters. The molecule has 1 N–H and O–H groups in total. The van der Waals surface area contributed by atoms with Crippen molar-refractivity contribution in [1.82, 2.24) is 10.3 Å². The third-order valence-corrected chi connectivity index (χ3v) is 5.21. The second-order valence-electron chi connectivity index (χ2n) is 6.22. The van der Waals surface area contributed by atoms with E-state index in [0.29, 0.717) is 5.02 Å². The summed E-state index contributed by atoms with van der Waals surface area (Å²) in [5.41, 5.74) is 1.47. The van der Waals surface area contributed by atoms with Gasteiger partial charge in [0.25, 0.3) is 0 Å². The molecule has 118 valence electrons. The number of nitrogens with zero attached hydrogens (tertiary/aromatic N) is 2. The lowest BCUT2D eigenvalue weighted by atomic mass is 9.63. The summed E-state index contributed by atoms with van der Waals surface area (Å²) >= 11 is 6.13. The Morgan fingerprint density at radius 2 is 2.00 bits per heavy atom. The highest BCUT2D eigenvalue weighted by Gasteiger charge is 2.61. The van der Waals surface area contributed by atoms with Crippen LogP contribution in [0.3, 0.4) is 0 Å². The second kappa shape index (κ2) is 5.62. The first-order chi connectivity index (χ1) is 11.2. The van der Waals surface area contributed by atoms with Gasteiger partial charge in [-0.05, 0) is 56.3 Å². The molecule has 2 aliphatic heterocycles. The largest absolute Gasteiger partial charge is 0.317 e. The number of benzene rings is 1. The maximum atomic E-state index is 13.1. The maximum absolute atomic E-state index is 13.1. The summed E-state index contributed by atoms with van der Waals surface area (Å²) in [6.45, 7) is 1.75. The van der Waals surface area contributed by atoms with E-state index >= 15 is 0 Å². The molecule has 3 heterocycles. The van der Waals surface area contributed by atoms with Crippen LogP contribution in [0.4, 0.5) is 5.69 Å². The van der Waals surface area contributed by atoms with Gasteiger partial charge in [-0.3, -0.25) is 9.78 Å². The number of halogens is 1. The van der Waals surface area contributed by atoms with Gasteiger partial charge in [0.15, 0.2) is 0 Å². The van der Waals surface area contributed by atoms with Gasteiger partial charge in [0.1, 0.15) is 0 Å². The molecule has 0 bridgehead atoms. The van der Waals surface area contributed by atoms with Crippen molar-refractivity contribution in [3.63, 3.8) is 0 Å². The van der Waals surface area contributed by atoms with Gasteiger partial charge < -0.3 is 10.2 Å². The highest BCUT2D eigenvalue weighted by atomic mass is 35.5. The van der Waals surface area contributed by atoms with Gasteiger partial charge in [-0.15, -0.1) is 0 Å². The van der Waals surface area contributed by atoms with E-state index in [1.165, 1.54) is 0 Å². The molecule has 2 aliphatic rings. The molecular formula is C18H18ClN3O. The van der Waals surface area contributed by atoms with Crippen LogP contribution < -0.4 is 10.2 Å². The number of carbonyl (C=O) groups excluding carboxylic acids is 1. The van der Waals surface area contributed by atoms with Crippen molar-refractivity contribution in [2.24, 2.45) is 5.41 Å². The van der Waals surface area contributed by atoms with E-state index in [2.05, 4.69) is 10.3 Å². The Hall–Kier alpha value is -1.91. The van der Waals surface area contributed by atoms with Crippen molar-refractivity contribution in [3.05, 3.63) is 59.4 Å². The lowest BCUT2D eigenvalue weighted by Crippen LogP contribution is -2.66. The van der Waals surface area contributed by atoms with Crippen molar-refractivity contribution in [1.29, 1.82) is 0 Å². The Kier molecular flexibility index (Phi) is 3.58. The standard InChI is InChI=1S/C18H18ClN3O/c19-13-4-3-5-14(12-13)22-16(15-6-1-2-9-21-15)18(17(22)23)7-10-20-11-8-18/h1-6,9,12,16,20H,7-8,10-11H2. The molecule has 1 amide bonds. The van der Waals surface area contributed by atoms with Gasteiger partial charge in [-0.2, -0.15) is 0 Å². The number of carbonyl (C=O) groups is 1. The smallest absolute Gasteiger partial charge is 0.236 e. The van der Waals surface area contributed by atoms with Gasteiger partial charge in [-0.25, -0.2) is 0 Å². The number of piperidine rings is 1. The third kappa shape index (κ3) is 2.25. The first kappa shape index (κ1) is 14.7. The fourth-order valence-corrected chi connectivity index (χ4v) is 4.05. The second-order valence-corrected chi connectivity index (χ2v) is 6.65. The average molecular weight is 328 g/mol. The molecule has 4 nitrogen and oxygen atoms in total. The van der Waals surface area contributed by atoms with Crippen LogP contribution in [0.1, 0.15) is 24.6 Å². The van der Waals surface area contributed by atoms with E-state index in [4.69, 9.17) is 11.6 Å².